The zero-order chi connectivity index (χ0) is 3.58. The summed E-state index contributed by atoms with van der Waals surface area (Å²) in [6.45, 7) is 0. The first-order chi connectivity index (χ1) is 1.73. The quantitative estimate of drug-likeness (QED) is 0.251. The number of rotatable bonds is 0. The normalized spacial score (nSPS) is 4.00. The van der Waals surface area contributed by atoms with E-state index in [0.29, 0.717) is 0 Å². The van der Waals surface area contributed by atoms with E-state index in [1.165, 1.54) is 0 Å². The van der Waals surface area contributed by atoms with Crippen LogP contribution in [0.1, 0.15) is 0 Å². The van der Waals surface area contributed by atoms with E-state index in [2.05, 4.69) is 0 Å². The minimum absolute atomic E-state index is 0. The third-order valence-corrected chi connectivity index (χ3v) is 0. The van der Waals surface area contributed by atoms with Crippen LogP contribution < -0.4 is 0 Å². The molecule has 0 aliphatic rings. The highest BCUT2D eigenvalue weighted by Gasteiger charge is 1.76. The molecule has 0 aromatic heterocycles. The highest BCUT2D eigenvalue weighted by molar-refractivity contribution is 7.38. The molecular weight excluding hydrogens is 170 g/mol. The van der Waals surface area contributed by atoms with Crippen LogP contribution in [0.3, 0.4) is 0 Å². The summed E-state index contributed by atoms with van der Waals surface area (Å²) in [6.07, 6.45) is 0. The fourth-order valence-corrected chi connectivity index (χ4v) is 0. The smallest absolute Gasteiger partial charge is 0.324 e. The van der Waals surface area contributed by atoms with Gasteiger partial charge in [-0.2, -0.15) is 0 Å². The van der Waals surface area contributed by atoms with E-state index in [1.807, 2.05) is 0 Å². The van der Waals surface area contributed by atoms with Gasteiger partial charge in [-0.15, -0.1) is 0 Å². The third kappa shape index (κ3) is 832. The maximum absolute atomic E-state index is 7.23. The van der Waals surface area contributed by atoms with E-state index in [1.54, 1.807) is 0 Å². The minimum atomic E-state index is -2.62. The molecule has 0 spiro atoms. The Balaban J connectivity index is -0.00000000450. The van der Waals surface area contributed by atoms with Crippen molar-refractivity contribution >= 4 is 26.0 Å². The van der Waals surface area contributed by atoms with Crippen molar-refractivity contribution in [3.8, 4) is 0 Å². The van der Waals surface area contributed by atoms with Gasteiger partial charge in [0, 0.05) is 0 Å². The molecule has 0 amide bonds. The van der Waals surface area contributed by atoms with Crippen LogP contribution in [-0.4, -0.2) is 53.9 Å². The number of hydrogen-bond acceptors (Lipinski definition) is 3. The molecule has 0 radical (unpaired) electrons. The fourth-order valence-electron chi connectivity index (χ4n) is 0. The van der Waals surface area contributed by atoms with Crippen molar-refractivity contribution < 1.29 is 36.6 Å². The van der Waals surface area contributed by atoms with Gasteiger partial charge >= 0.3 is 8.60 Å². The van der Waals surface area contributed by atoms with Crippen molar-refractivity contribution in [3.05, 3.63) is 0 Å². The van der Waals surface area contributed by atoms with Crippen LogP contribution in [0.4, 0.5) is 0 Å². The van der Waals surface area contributed by atoms with Gasteiger partial charge in [-0.3, -0.25) is 0 Å². The van der Waals surface area contributed by atoms with Crippen molar-refractivity contribution in [1.29, 1.82) is 0 Å². The first kappa shape index (κ1) is 53.8. The largest absolute Gasteiger partial charge is 0.412 e. The minimum Gasteiger partial charge on any atom is -0.412 e. The Morgan fingerprint density at radius 3 is 0.667 bits per heavy atom. The Hall–Kier alpha value is 0.682. The maximum atomic E-state index is 7.23. The summed E-state index contributed by atoms with van der Waals surface area (Å²) >= 11 is 0. The van der Waals surface area contributed by atoms with Crippen molar-refractivity contribution in [2.45, 2.75) is 0 Å². The molecule has 11 N–H and O–H groups in total. The predicted molar refractivity (Wildman–Crippen MR) is 38.0 cm³/mol. The molecule has 9 heavy (non-hydrogen) atoms. The van der Waals surface area contributed by atoms with E-state index in [4.69, 9.17) is 14.7 Å². The highest BCUT2D eigenvalue weighted by Crippen LogP contribution is 2.11. The lowest BCUT2D eigenvalue weighted by Crippen LogP contribution is -1.54. The summed E-state index contributed by atoms with van der Waals surface area (Å²) in [5.74, 6) is 0. The van der Waals surface area contributed by atoms with Gasteiger partial charge in [0.15, 0.2) is 17.4 Å². The first-order valence-corrected chi connectivity index (χ1v) is 1.80. The van der Waals surface area contributed by atoms with Gasteiger partial charge in [0.2, 0.25) is 0 Å². The van der Waals surface area contributed by atoms with E-state index in [0.717, 1.165) is 0 Å². The summed E-state index contributed by atoms with van der Waals surface area (Å²) in [5, 5.41) is 0. The van der Waals surface area contributed by atoms with Crippen LogP contribution in [0, 0.1) is 0 Å². The Kier molecular flexibility index (Phi) is 226. The molecule has 7 nitrogen and oxygen atoms in total. The Morgan fingerprint density at radius 1 is 0.667 bits per heavy atom. The number of hydrogen-bond donors (Lipinski definition) is 3. The van der Waals surface area contributed by atoms with Crippen LogP contribution in [0.5, 0.6) is 0 Å². The molecule has 0 atom stereocenters. The Labute approximate surface area is 63.3 Å². The van der Waals surface area contributed by atoms with Crippen LogP contribution in [0.15, 0.2) is 0 Å². The molecule has 9 heteroatoms. The second-order valence-electron chi connectivity index (χ2n) is 0.268. The molecule has 0 saturated carbocycles. The molecule has 0 aromatic carbocycles. The average Bonchev–Trinajstić information content (AvgIpc) is 0.811. The molecule has 0 unspecified atom stereocenters. The van der Waals surface area contributed by atoms with Gasteiger partial charge < -0.3 is 36.6 Å². The van der Waals surface area contributed by atoms with E-state index in [-0.39, 0.29) is 39.3 Å². The van der Waals surface area contributed by atoms with Crippen LogP contribution in [0.25, 0.3) is 0 Å². The summed E-state index contributed by atoms with van der Waals surface area (Å²) < 4.78 is 0. The topological polar surface area (TPSA) is 187 Å². The second-order valence-corrected chi connectivity index (χ2v) is 0.805. The monoisotopic (exact) mass is 184 g/mol. The van der Waals surface area contributed by atoms with Gasteiger partial charge in [-0.25, -0.2) is 0 Å². The fraction of sp³-hybridized carbons (Fsp3) is 0. The van der Waals surface area contributed by atoms with Gasteiger partial charge in [0.1, 0.15) is 0 Å². The predicted octanol–water partition coefficient (Wildman–Crippen LogP) is -5.29. The third-order valence-electron chi connectivity index (χ3n) is 0. The Bertz CT molecular complexity index is 13.6. The molecule has 0 aromatic rings. The van der Waals surface area contributed by atoms with Crippen molar-refractivity contribution in [3.63, 3.8) is 0 Å². The van der Waals surface area contributed by atoms with E-state index in [9.17, 15) is 0 Å². The van der Waals surface area contributed by atoms with Crippen molar-refractivity contribution in [1.82, 2.24) is 0 Å². The van der Waals surface area contributed by atoms with Crippen LogP contribution in [0.2, 0.25) is 0 Å². The lowest BCUT2D eigenvalue weighted by atomic mass is 15.8. The Morgan fingerprint density at radius 2 is 0.667 bits per heavy atom. The lowest BCUT2D eigenvalue weighted by molar-refractivity contribution is 0.368. The summed E-state index contributed by atoms with van der Waals surface area (Å²) in [7, 11) is -2.62. The van der Waals surface area contributed by atoms with Crippen molar-refractivity contribution in [2.24, 2.45) is 0 Å². The molecule has 0 saturated heterocycles. The molecule has 0 aliphatic heterocycles. The highest BCUT2D eigenvalue weighted by atomic mass is 31.2. The van der Waals surface area contributed by atoms with Gasteiger partial charge in [-0.05, 0) is 0 Å². The summed E-state index contributed by atoms with van der Waals surface area (Å²) in [5.41, 5.74) is 0. The van der Waals surface area contributed by atoms with Crippen LogP contribution >= 0.6 is 8.60 Å². The second kappa shape index (κ2) is 37.8. The van der Waals surface area contributed by atoms with E-state index < -0.39 is 8.60 Å². The average molecular weight is 184 g/mol. The SMILES string of the molecule is O.O.O.O.OP(O)O.[AlH3]. The van der Waals surface area contributed by atoms with Gasteiger partial charge in [0.25, 0.3) is 0 Å². The molecule has 0 heterocycles. The first-order valence-electron chi connectivity index (χ1n) is 0.600. The standard InChI is InChI=1S/Al.H3O3P.4H2O.3H/c;1-4(2)3;;;;;;;/h;1-3H;4*1H2;;;. The molecule has 64 valence electrons. The van der Waals surface area contributed by atoms with Gasteiger partial charge in [-0.1, -0.05) is 0 Å². The lowest BCUT2D eigenvalue weighted by Gasteiger charge is -1.76. The molecule has 0 rings (SSSR count). The zero-order valence-corrected chi connectivity index (χ0v) is 4.68. The molecule has 0 aliphatic carbocycles. The van der Waals surface area contributed by atoms with Gasteiger partial charge in [0.05, 0.1) is 0 Å². The van der Waals surface area contributed by atoms with Crippen LogP contribution in [-0.2, 0) is 0 Å². The summed E-state index contributed by atoms with van der Waals surface area (Å²) in [6, 6.07) is 0. The van der Waals surface area contributed by atoms with E-state index >= 15 is 0 Å². The zero-order valence-electron chi connectivity index (χ0n) is 3.79. The van der Waals surface area contributed by atoms with Crippen molar-refractivity contribution in [2.75, 3.05) is 0 Å². The molecule has 0 bridgehead atoms. The molecule has 0 fully saturated rings. The maximum Gasteiger partial charge on any atom is 0.324 e. The molecular formula is H14AlO7P. The summed E-state index contributed by atoms with van der Waals surface area (Å²) in [4.78, 5) is 21.7.